The van der Waals surface area contributed by atoms with E-state index in [0.29, 0.717) is 5.71 Å². The summed E-state index contributed by atoms with van der Waals surface area (Å²) < 4.78 is 0. The zero-order valence-corrected chi connectivity index (χ0v) is 15.5. The van der Waals surface area contributed by atoms with Crippen molar-refractivity contribution in [1.29, 1.82) is 0 Å². The molecule has 5 nitrogen and oxygen atoms in total. The lowest BCUT2D eigenvalue weighted by Gasteiger charge is -2.08. The summed E-state index contributed by atoms with van der Waals surface area (Å²) in [5.41, 5.74) is 8.27. The van der Waals surface area contributed by atoms with Crippen molar-refractivity contribution in [1.82, 2.24) is 15.4 Å². The number of nitrogens with zero attached hydrogens (tertiary/aromatic N) is 2. The number of benzene rings is 2. The van der Waals surface area contributed by atoms with Crippen LogP contribution in [-0.4, -0.2) is 21.6 Å². The van der Waals surface area contributed by atoms with Crippen molar-refractivity contribution in [2.75, 3.05) is 0 Å². The predicted octanol–water partition coefficient (Wildman–Crippen LogP) is 3.98. The minimum atomic E-state index is -0.157. The largest absolute Gasteiger partial charge is 0.358 e. The molecule has 0 saturated carbocycles. The molecule has 2 heterocycles. The van der Waals surface area contributed by atoms with E-state index in [1.165, 1.54) is 0 Å². The van der Waals surface area contributed by atoms with Crippen molar-refractivity contribution < 1.29 is 4.79 Å². The number of carbonyl (C=O) groups excluding carboxylic acids is 1. The van der Waals surface area contributed by atoms with Gasteiger partial charge in [-0.2, -0.15) is 5.10 Å². The van der Waals surface area contributed by atoms with E-state index in [0.717, 1.165) is 33.3 Å². The highest BCUT2D eigenvalue weighted by Crippen LogP contribution is 2.22. The molecule has 0 atom stereocenters. The number of fused-ring (bicyclic) bond motifs is 1. The maximum atomic E-state index is 12.6. The Labute approximate surface area is 163 Å². The van der Waals surface area contributed by atoms with Gasteiger partial charge in [0, 0.05) is 40.1 Å². The molecule has 2 aromatic carbocycles. The van der Waals surface area contributed by atoms with Crippen LogP contribution < -0.4 is 5.43 Å². The molecule has 0 unspecified atom stereocenters. The SMILES string of the molecule is Cc1[nH]c2ccccc2c1CC(=O)N/N=C(/c1ccccc1)c1ccncc1. The number of H-pyrrole nitrogens is 1. The van der Waals surface area contributed by atoms with Crippen molar-refractivity contribution in [3.63, 3.8) is 0 Å². The van der Waals surface area contributed by atoms with Gasteiger partial charge in [-0.05, 0) is 30.7 Å². The minimum absolute atomic E-state index is 0.157. The van der Waals surface area contributed by atoms with E-state index in [-0.39, 0.29) is 12.3 Å². The fourth-order valence-corrected chi connectivity index (χ4v) is 3.28. The molecule has 28 heavy (non-hydrogen) atoms. The third-order valence-electron chi connectivity index (χ3n) is 4.66. The second-order valence-corrected chi connectivity index (χ2v) is 6.55. The first-order chi connectivity index (χ1) is 13.7. The Morgan fingerprint density at radius 1 is 0.964 bits per heavy atom. The third-order valence-corrected chi connectivity index (χ3v) is 4.66. The number of amides is 1. The van der Waals surface area contributed by atoms with Gasteiger partial charge >= 0.3 is 0 Å². The number of rotatable bonds is 5. The fraction of sp³-hybridized carbons (Fsp3) is 0.0870. The number of para-hydroxylation sites is 1. The van der Waals surface area contributed by atoms with Gasteiger partial charge in [-0.15, -0.1) is 0 Å². The number of hydrogen-bond acceptors (Lipinski definition) is 3. The minimum Gasteiger partial charge on any atom is -0.358 e. The molecule has 0 radical (unpaired) electrons. The molecule has 2 aromatic heterocycles. The number of hydrazone groups is 1. The van der Waals surface area contributed by atoms with Crippen molar-refractivity contribution in [2.24, 2.45) is 5.10 Å². The smallest absolute Gasteiger partial charge is 0.244 e. The van der Waals surface area contributed by atoms with Crippen molar-refractivity contribution >= 4 is 22.5 Å². The third kappa shape index (κ3) is 3.69. The highest BCUT2D eigenvalue weighted by Gasteiger charge is 2.13. The molecular weight excluding hydrogens is 348 g/mol. The standard InChI is InChI=1S/C23H20N4O/c1-16-20(19-9-5-6-10-21(19)25-16)15-22(28)26-27-23(17-7-3-2-4-8-17)18-11-13-24-14-12-18/h2-14,25H,15H2,1H3,(H,26,28)/b27-23-. The fourth-order valence-electron chi connectivity index (χ4n) is 3.28. The molecule has 4 rings (SSSR count). The van der Waals surface area contributed by atoms with Gasteiger partial charge in [0.05, 0.1) is 12.1 Å². The summed E-state index contributed by atoms with van der Waals surface area (Å²) in [7, 11) is 0. The first kappa shape index (κ1) is 17.7. The number of aromatic amines is 1. The Hall–Kier alpha value is -3.73. The van der Waals surface area contributed by atoms with Gasteiger partial charge in [-0.3, -0.25) is 9.78 Å². The van der Waals surface area contributed by atoms with Gasteiger partial charge in [0.1, 0.15) is 0 Å². The number of aromatic nitrogens is 2. The maximum Gasteiger partial charge on any atom is 0.244 e. The summed E-state index contributed by atoms with van der Waals surface area (Å²) in [5.74, 6) is -0.157. The highest BCUT2D eigenvalue weighted by atomic mass is 16.2. The zero-order chi connectivity index (χ0) is 19.3. The lowest BCUT2D eigenvalue weighted by atomic mass is 10.0. The van der Waals surface area contributed by atoms with Crippen LogP contribution in [0.5, 0.6) is 0 Å². The summed E-state index contributed by atoms with van der Waals surface area (Å²) >= 11 is 0. The molecule has 1 amide bonds. The molecule has 0 aliphatic rings. The van der Waals surface area contributed by atoms with Crippen molar-refractivity contribution in [2.45, 2.75) is 13.3 Å². The average molecular weight is 368 g/mol. The molecule has 0 bridgehead atoms. The van der Waals surface area contributed by atoms with E-state index in [1.807, 2.05) is 73.7 Å². The predicted molar refractivity (Wildman–Crippen MR) is 111 cm³/mol. The molecule has 138 valence electrons. The first-order valence-corrected chi connectivity index (χ1v) is 9.11. The summed E-state index contributed by atoms with van der Waals surface area (Å²) in [5, 5.41) is 5.50. The lowest BCUT2D eigenvalue weighted by Crippen LogP contribution is -2.22. The Kier molecular flexibility index (Phi) is 4.97. The average Bonchev–Trinajstić information content (AvgIpc) is 3.05. The molecular formula is C23H20N4O. The summed E-state index contributed by atoms with van der Waals surface area (Å²) in [6.45, 7) is 1.98. The Morgan fingerprint density at radius 3 is 2.43 bits per heavy atom. The van der Waals surface area contributed by atoms with Crippen LogP contribution in [0.4, 0.5) is 0 Å². The number of pyridine rings is 1. The molecule has 4 aromatic rings. The molecule has 0 fully saturated rings. The van der Waals surface area contributed by atoms with Gasteiger partial charge in [0.15, 0.2) is 0 Å². The molecule has 2 N–H and O–H groups in total. The number of nitrogens with one attached hydrogen (secondary N) is 2. The van der Waals surface area contributed by atoms with Crippen LogP contribution in [0.1, 0.15) is 22.4 Å². The van der Waals surface area contributed by atoms with Gasteiger partial charge in [0.25, 0.3) is 0 Å². The van der Waals surface area contributed by atoms with Crippen molar-refractivity contribution in [3.05, 3.63) is 102 Å². The maximum absolute atomic E-state index is 12.6. The van der Waals surface area contributed by atoms with Gasteiger partial charge < -0.3 is 4.98 Å². The topological polar surface area (TPSA) is 70.1 Å². The molecule has 0 aliphatic carbocycles. The van der Waals surface area contributed by atoms with Gasteiger partial charge in [-0.1, -0.05) is 48.5 Å². The Bertz CT molecular complexity index is 1090. The van der Waals surface area contributed by atoms with Crippen LogP contribution >= 0.6 is 0 Å². The van der Waals surface area contributed by atoms with E-state index in [4.69, 9.17) is 0 Å². The summed E-state index contributed by atoms with van der Waals surface area (Å²) in [6.07, 6.45) is 3.69. The molecule has 0 spiro atoms. The number of carbonyl (C=O) groups is 1. The molecule has 0 aliphatic heterocycles. The van der Waals surface area contributed by atoms with E-state index >= 15 is 0 Å². The van der Waals surface area contributed by atoms with Crippen LogP contribution in [0.2, 0.25) is 0 Å². The summed E-state index contributed by atoms with van der Waals surface area (Å²) in [4.78, 5) is 20.0. The van der Waals surface area contributed by atoms with Crippen LogP contribution in [0.3, 0.4) is 0 Å². The quantitative estimate of drug-likeness (QED) is 0.413. The highest BCUT2D eigenvalue weighted by molar-refractivity contribution is 6.13. The van der Waals surface area contributed by atoms with Gasteiger partial charge in [-0.25, -0.2) is 5.43 Å². The molecule has 5 heteroatoms. The van der Waals surface area contributed by atoms with E-state index in [1.54, 1.807) is 12.4 Å². The lowest BCUT2D eigenvalue weighted by molar-refractivity contribution is -0.120. The van der Waals surface area contributed by atoms with Crippen LogP contribution in [0.15, 0.2) is 84.2 Å². The molecule has 0 saturated heterocycles. The summed E-state index contributed by atoms with van der Waals surface area (Å²) in [6, 6.07) is 21.5. The number of hydrogen-bond donors (Lipinski definition) is 2. The monoisotopic (exact) mass is 368 g/mol. The van der Waals surface area contributed by atoms with Crippen molar-refractivity contribution in [3.8, 4) is 0 Å². The van der Waals surface area contributed by atoms with E-state index < -0.39 is 0 Å². The Balaban J connectivity index is 1.60. The van der Waals surface area contributed by atoms with E-state index in [9.17, 15) is 4.79 Å². The van der Waals surface area contributed by atoms with E-state index in [2.05, 4.69) is 20.5 Å². The normalized spacial score (nSPS) is 11.5. The number of aryl methyl sites for hydroxylation is 1. The van der Waals surface area contributed by atoms with Crippen LogP contribution in [0, 0.1) is 6.92 Å². The van der Waals surface area contributed by atoms with Crippen LogP contribution in [-0.2, 0) is 11.2 Å². The first-order valence-electron chi connectivity index (χ1n) is 9.11. The zero-order valence-electron chi connectivity index (χ0n) is 15.5. The second-order valence-electron chi connectivity index (χ2n) is 6.55. The Morgan fingerprint density at radius 2 is 1.64 bits per heavy atom. The van der Waals surface area contributed by atoms with Crippen LogP contribution in [0.25, 0.3) is 10.9 Å². The van der Waals surface area contributed by atoms with Gasteiger partial charge in [0.2, 0.25) is 5.91 Å². The second kappa shape index (κ2) is 7.88.